The number of hydrogen-bond acceptors (Lipinski definition) is 4. The minimum Gasteiger partial charge on any atom is -0.263 e. The van der Waals surface area contributed by atoms with E-state index < -0.39 is 10.4 Å². The summed E-state index contributed by atoms with van der Waals surface area (Å²) in [6.07, 6.45) is 0. The van der Waals surface area contributed by atoms with Crippen LogP contribution in [0, 0.1) is 13.8 Å². The van der Waals surface area contributed by atoms with E-state index >= 15 is 0 Å². The molecule has 0 bridgehead atoms. The van der Waals surface area contributed by atoms with E-state index in [1.807, 2.05) is 32.0 Å². The zero-order valence-electron chi connectivity index (χ0n) is 8.43. The molecule has 0 saturated carbocycles. The molecule has 0 atom stereocenters. The Hall–Kier alpha value is -0.560. The number of benzene rings is 1. The summed E-state index contributed by atoms with van der Waals surface area (Å²) in [5, 5.41) is 0. The Morgan fingerprint density at radius 2 is 2.07 bits per heavy atom. The Labute approximate surface area is 93.8 Å². The molecule has 0 aliphatic rings. The van der Waals surface area contributed by atoms with E-state index in [-0.39, 0.29) is 0 Å². The van der Waals surface area contributed by atoms with Crippen LogP contribution in [0.15, 0.2) is 18.2 Å². The van der Waals surface area contributed by atoms with Crippen molar-refractivity contribution in [3.05, 3.63) is 34.9 Å². The molecule has 6 heteroatoms. The molecular weight excluding hydrogens is 236 g/mol. The molecule has 0 amide bonds. The molecule has 0 aliphatic carbocycles. The topological polar surface area (TPSA) is 63.6 Å². The third-order valence-corrected chi connectivity index (χ3v) is 3.35. The molecule has 1 N–H and O–H groups in total. The maximum absolute atomic E-state index is 10.3. The van der Waals surface area contributed by atoms with Crippen molar-refractivity contribution in [2.75, 3.05) is 0 Å². The lowest BCUT2D eigenvalue weighted by molar-refractivity contribution is 0.407. The van der Waals surface area contributed by atoms with Crippen molar-refractivity contribution < 1.29 is 16.6 Å². The zero-order valence-corrected chi connectivity index (χ0v) is 10.1. The lowest BCUT2D eigenvalue weighted by atomic mass is 10.1. The van der Waals surface area contributed by atoms with E-state index in [0.29, 0.717) is 17.8 Å². The molecule has 1 aromatic rings. The Balaban J connectivity index is 2.61. The predicted octanol–water partition coefficient (Wildman–Crippen LogP) is 2.27. The van der Waals surface area contributed by atoms with Crippen LogP contribution in [-0.2, 0) is 19.8 Å². The maximum Gasteiger partial charge on any atom is 0.408 e. The van der Waals surface area contributed by atoms with Crippen molar-refractivity contribution in [3.63, 3.8) is 0 Å². The van der Waals surface area contributed by atoms with Gasteiger partial charge in [-0.1, -0.05) is 23.8 Å². The van der Waals surface area contributed by atoms with Gasteiger partial charge in [0.05, 0.1) is 0 Å². The zero-order chi connectivity index (χ0) is 11.5. The van der Waals surface area contributed by atoms with Crippen LogP contribution in [0.1, 0.15) is 16.7 Å². The van der Waals surface area contributed by atoms with E-state index in [4.69, 9.17) is 4.55 Å². The summed E-state index contributed by atoms with van der Waals surface area (Å²) in [5.41, 5.74) is 3.15. The highest BCUT2D eigenvalue weighted by atomic mass is 32.3. The van der Waals surface area contributed by atoms with E-state index in [0.717, 1.165) is 16.7 Å². The molecule has 15 heavy (non-hydrogen) atoms. The fourth-order valence-electron chi connectivity index (χ4n) is 1.10. The first kappa shape index (κ1) is 12.5. The van der Waals surface area contributed by atoms with Crippen molar-refractivity contribution in [1.29, 1.82) is 0 Å². The van der Waals surface area contributed by atoms with Crippen molar-refractivity contribution in [2.45, 2.75) is 19.6 Å². The van der Waals surface area contributed by atoms with Crippen molar-refractivity contribution in [3.8, 4) is 0 Å². The highest BCUT2D eigenvalue weighted by Crippen LogP contribution is 2.19. The third kappa shape index (κ3) is 4.65. The number of rotatable bonds is 4. The summed E-state index contributed by atoms with van der Waals surface area (Å²) in [6.45, 7) is 3.89. The fraction of sp³-hybridized carbons (Fsp3) is 0.333. The van der Waals surface area contributed by atoms with Gasteiger partial charge < -0.3 is 0 Å². The van der Waals surface area contributed by atoms with Gasteiger partial charge in [0.1, 0.15) is 0 Å². The van der Waals surface area contributed by atoms with Gasteiger partial charge in [-0.05, 0) is 25.0 Å². The van der Waals surface area contributed by atoms with E-state index in [1.165, 1.54) is 0 Å². The van der Waals surface area contributed by atoms with Gasteiger partial charge in [0, 0.05) is 17.8 Å². The molecule has 0 saturated heterocycles. The van der Waals surface area contributed by atoms with Crippen LogP contribution in [-0.4, -0.2) is 13.0 Å². The molecule has 0 spiro atoms. The van der Waals surface area contributed by atoms with Crippen LogP contribution < -0.4 is 0 Å². The summed E-state index contributed by atoms with van der Waals surface area (Å²) < 4.78 is 33.1. The molecule has 0 fully saturated rings. The van der Waals surface area contributed by atoms with Gasteiger partial charge in [0.2, 0.25) is 0 Å². The molecule has 4 nitrogen and oxygen atoms in total. The molecule has 0 aliphatic heterocycles. The predicted molar refractivity (Wildman–Crippen MR) is 59.8 cm³/mol. The molecular formula is C9H12O4S2. The molecule has 84 valence electrons. The fourth-order valence-corrected chi connectivity index (χ4v) is 2.22. The minimum atomic E-state index is -4.35. The quantitative estimate of drug-likeness (QED) is 0.654. The lowest BCUT2D eigenvalue weighted by Gasteiger charge is -2.05. The van der Waals surface area contributed by atoms with Gasteiger partial charge in [-0.25, -0.2) is 0 Å². The van der Waals surface area contributed by atoms with Gasteiger partial charge in [0.15, 0.2) is 0 Å². The summed E-state index contributed by atoms with van der Waals surface area (Å²) in [5.74, 6) is 0.382. The minimum absolute atomic E-state index is 0.382. The standard InChI is InChI=1S/C9H12O4S2/c1-7-3-4-8(2)9(5-7)6-14-13-15(10,11)12/h3-5H,6H2,1-2H3,(H,10,11,12). The summed E-state index contributed by atoms with van der Waals surface area (Å²) in [7, 11) is -4.35. The molecule has 1 aromatic carbocycles. The summed E-state index contributed by atoms with van der Waals surface area (Å²) in [6, 6.07) is 5.89. The van der Waals surface area contributed by atoms with Crippen molar-refractivity contribution in [1.82, 2.24) is 0 Å². The van der Waals surface area contributed by atoms with Gasteiger partial charge in [0.25, 0.3) is 0 Å². The lowest BCUT2D eigenvalue weighted by Crippen LogP contribution is -1.97. The normalized spacial score (nSPS) is 11.7. The Bertz CT molecular complexity index is 439. The number of aryl methyl sites for hydroxylation is 2. The van der Waals surface area contributed by atoms with Crippen LogP contribution in [0.2, 0.25) is 0 Å². The van der Waals surface area contributed by atoms with Crippen molar-refractivity contribution in [2.24, 2.45) is 0 Å². The van der Waals surface area contributed by atoms with Crippen LogP contribution in [0.25, 0.3) is 0 Å². The maximum atomic E-state index is 10.3. The Kier molecular flexibility index (Phi) is 4.15. The third-order valence-electron chi connectivity index (χ3n) is 1.85. The molecule has 0 heterocycles. The highest BCUT2D eigenvalue weighted by Gasteiger charge is 2.06. The molecule has 1 rings (SSSR count). The smallest absolute Gasteiger partial charge is 0.263 e. The largest absolute Gasteiger partial charge is 0.408 e. The second-order valence-corrected chi connectivity index (χ2v) is 5.11. The molecule has 0 aromatic heterocycles. The van der Waals surface area contributed by atoms with E-state index in [9.17, 15) is 8.42 Å². The van der Waals surface area contributed by atoms with Crippen molar-refractivity contribution >= 4 is 22.4 Å². The van der Waals surface area contributed by atoms with Crippen LogP contribution in [0.5, 0.6) is 0 Å². The van der Waals surface area contributed by atoms with Crippen LogP contribution in [0.4, 0.5) is 0 Å². The summed E-state index contributed by atoms with van der Waals surface area (Å²) in [4.78, 5) is 0. The highest BCUT2D eigenvalue weighted by molar-refractivity contribution is 8.02. The Morgan fingerprint density at radius 3 is 2.67 bits per heavy atom. The average molecular weight is 248 g/mol. The first-order chi connectivity index (χ1) is 6.88. The molecule has 0 unspecified atom stereocenters. The average Bonchev–Trinajstić information content (AvgIpc) is 2.09. The first-order valence-electron chi connectivity index (χ1n) is 4.23. The van der Waals surface area contributed by atoms with Gasteiger partial charge in [-0.15, -0.1) is 0 Å². The number of hydrogen-bond donors (Lipinski definition) is 1. The second-order valence-electron chi connectivity index (χ2n) is 3.19. The monoisotopic (exact) mass is 248 g/mol. The van der Waals surface area contributed by atoms with E-state index in [1.54, 1.807) is 0 Å². The second kappa shape index (κ2) is 4.98. The molecule has 0 radical (unpaired) electrons. The van der Waals surface area contributed by atoms with Gasteiger partial charge in [-0.2, -0.15) is 12.0 Å². The van der Waals surface area contributed by atoms with Gasteiger partial charge in [-0.3, -0.25) is 4.55 Å². The first-order valence-corrected chi connectivity index (χ1v) is 6.51. The summed E-state index contributed by atoms with van der Waals surface area (Å²) >= 11 is 0.698. The van der Waals surface area contributed by atoms with Gasteiger partial charge >= 0.3 is 10.4 Å². The Morgan fingerprint density at radius 1 is 1.40 bits per heavy atom. The van der Waals surface area contributed by atoms with Crippen LogP contribution in [0.3, 0.4) is 0 Å². The van der Waals surface area contributed by atoms with Crippen LogP contribution >= 0.6 is 12.0 Å². The SMILES string of the molecule is Cc1ccc(C)c(CSOS(=O)(=O)O)c1. The van der Waals surface area contributed by atoms with E-state index in [2.05, 4.69) is 3.63 Å².